The zero-order valence-electron chi connectivity index (χ0n) is 13.4. The van der Waals surface area contributed by atoms with E-state index in [-0.39, 0.29) is 5.60 Å². The Balaban J connectivity index is 2.21. The summed E-state index contributed by atoms with van der Waals surface area (Å²) in [6, 6.07) is 6.19. The second-order valence-corrected chi connectivity index (χ2v) is 6.51. The molecule has 1 aromatic rings. The van der Waals surface area contributed by atoms with Crippen LogP contribution in [0.5, 0.6) is 0 Å². The summed E-state index contributed by atoms with van der Waals surface area (Å²) >= 11 is 6.50. The van der Waals surface area contributed by atoms with Crippen molar-refractivity contribution in [3.63, 3.8) is 0 Å². The fourth-order valence-corrected chi connectivity index (χ4v) is 3.33. The molecule has 1 unspecified atom stereocenters. The molecule has 1 aromatic carbocycles. The molecule has 0 bridgehead atoms. The first-order valence-corrected chi connectivity index (χ1v) is 8.25. The Kier molecular flexibility index (Phi) is 5.91. The van der Waals surface area contributed by atoms with Crippen molar-refractivity contribution in [2.75, 3.05) is 31.6 Å². The molecule has 1 saturated heterocycles. The first-order valence-electron chi connectivity index (χ1n) is 7.88. The van der Waals surface area contributed by atoms with Crippen molar-refractivity contribution in [1.29, 1.82) is 0 Å². The van der Waals surface area contributed by atoms with Crippen molar-refractivity contribution in [3.05, 3.63) is 28.8 Å². The number of rotatable bonds is 6. The molecule has 1 heterocycles. The number of methoxy groups -OCH3 is 1. The zero-order valence-corrected chi connectivity index (χ0v) is 14.2. The molecular weight excluding hydrogens is 284 g/mol. The minimum atomic E-state index is -0.0778. The van der Waals surface area contributed by atoms with Gasteiger partial charge in [-0.25, -0.2) is 0 Å². The molecule has 1 N–H and O–H groups in total. The number of halogens is 1. The topological polar surface area (TPSA) is 24.5 Å². The van der Waals surface area contributed by atoms with Gasteiger partial charge in [0.05, 0.1) is 16.3 Å². The predicted octanol–water partition coefficient (Wildman–Crippen LogP) is 3.84. The van der Waals surface area contributed by atoms with Crippen molar-refractivity contribution in [2.45, 2.75) is 45.3 Å². The van der Waals surface area contributed by atoms with Gasteiger partial charge in [-0.2, -0.15) is 0 Å². The number of benzene rings is 1. The molecule has 0 amide bonds. The Morgan fingerprint density at radius 2 is 2.24 bits per heavy atom. The van der Waals surface area contributed by atoms with E-state index in [0.29, 0.717) is 0 Å². The van der Waals surface area contributed by atoms with Gasteiger partial charge in [0.1, 0.15) is 0 Å². The van der Waals surface area contributed by atoms with Gasteiger partial charge in [0.15, 0.2) is 0 Å². The monoisotopic (exact) mass is 310 g/mol. The van der Waals surface area contributed by atoms with Crippen LogP contribution in [0.1, 0.15) is 38.7 Å². The van der Waals surface area contributed by atoms with Crippen LogP contribution in [0.15, 0.2) is 18.2 Å². The van der Waals surface area contributed by atoms with Crippen molar-refractivity contribution in [2.24, 2.45) is 0 Å². The Morgan fingerprint density at radius 1 is 1.43 bits per heavy atom. The molecule has 118 valence electrons. The maximum Gasteiger partial charge on any atom is 0.0825 e. The number of hydrogen-bond acceptors (Lipinski definition) is 3. The van der Waals surface area contributed by atoms with Gasteiger partial charge in [-0.05, 0) is 44.4 Å². The summed E-state index contributed by atoms with van der Waals surface area (Å²) in [7, 11) is 1.81. The predicted molar refractivity (Wildman–Crippen MR) is 90.3 cm³/mol. The van der Waals surface area contributed by atoms with Gasteiger partial charge in [0, 0.05) is 26.7 Å². The molecule has 1 fully saturated rings. The number of para-hydroxylation sites is 1. The number of hydrogen-bond donors (Lipinski definition) is 1. The van der Waals surface area contributed by atoms with E-state index in [1.165, 1.54) is 11.3 Å². The molecule has 1 atom stereocenters. The van der Waals surface area contributed by atoms with E-state index in [9.17, 15) is 0 Å². The second-order valence-electron chi connectivity index (χ2n) is 6.10. The summed E-state index contributed by atoms with van der Waals surface area (Å²) in [6.07, 6.45) is 3.38. The normalized spacial score (nSPS) is 22.6. The van der Waals surface area contributed by atoms with E-state index in [4.69, 9.17) is 16.3 Å². The van der Waals surface area contributed by atoms with Gasteiger partial charge >= 0.3 is 0 Å². The highest BCUT2D eigenvalue weighted by Gasteiger charge is 2.32. The maximum atomic E-state index is 6.50. The van der Waals surface area contributed by atoms with Crippen LogP contribution in [0.3, 0.4) is 0 Å². The molecule has 21 heavy (non-hydrogen) atoms. The number of ether oxygens (including phenoxy) is 1. The Bertz CT molecular complexity index is 466. The Hall–Kier alpha value is -0.770. The van der Waals surface area contributed by atoms with Crippen LogP contribution in [0.2, 0.25) is 5.02 Å². The molecule has 1 aliphatic rings. The van der Waals surface area contributed by atoms with Crippen molar-refractivity contribution in [3.8, 4) is 0 Å². The first kappa shape index (κ1) is 16.6. The van der Waals surface area contributed by atoms with E-state index in [0.717, 1.165) is 50.5 Å². The van der Waals surface area contributed by atoms with E-state index >= 15 is 0 Å². The average molecular weight is 311 g/mol. The fraction of sp³-hybridized carbons (Fsp3) is 0.647. The molecule has 0 radical (unpaired) electrons. The molecule has 2 rings (SSSR count). The molecule has 0 aromatic heterocycles. The fourth-order valence-electron chi connectivity index (χ4n) is 3.02. The third-order valence-electron chi connectivity index (χ3n) is 4.28. The molecule has 1 aliphatic heterocycles. The Labute approximate surface area is 133 Å². The average Bonchev–Trinajstić information content (AvgIpc) is 2.48. The summed E-state index contributed by atoms with van der Waals surface area (Å²) in [5.41, 5.74) is 2.37. The summed E-state index contributed by atoms with van der Waals surface area (Å²) in [5, 5.41) is 4.32. The summed E-state index contributed by atoms with van der Waals surface area (Å²) in [5.74, 6) is 0. The standard InChI is InChI=1S/C17H27ClN2O/c1-4-10-19-12-14-7-5-8-15(18)16(14)20-11-6-9-17(2,13-20)21-3/h5,7-8,19H,4,6,9-13H2,1-3H3. The highest BCUT2D eigenvalue weighted by molar-refractivity contribution is 6.33. The van der Waals surface area contributed by atoms with Crippen LogP contribution < -0.4 is 10.2 Å². The van der Waals surface area contributed by atoms with Crippen LogP contribution in [-0.4, -0.2) is 32.3 Å². The molecule has 0 aliphatic carbocycles. The van der Waals surface area contributed by atoms with E-state index in [1.54, 1.807) is 7.11 Å². The number of nitrogens with one attached hydrogen (secondary N) is 1. The van der Waals surface area contributed by atoms with Crippen LogP contribution in [0.25, 0.3) is 0 Å². The lowest BCUT2D eigenvalue weighted by molar-refractivity contribution is -0.00468. The number of anilines is 1. The molecular formula is C17H27ClN2O. The summed E-state index contributed by atoms with van der Waals surface area (Å²) in [6.45, 7) is 8.20. The Morgan fingerprint density at radius 3 is 2.95 bits per heavy atom. The van der Waals surface area contributed by atoms with Crippen LogP contribution >= 0.6 is 11.6 Å². The second kappa shape index (κ2) is 7.48. The van der Waals surface area contributed by atoms with Crippen molar-refractivity contribution in [1.82, 2.24) is 5.32 Å². The van der Waals surface area contributed by atoms with Gasteiger partial charge in [-0.15, -0.1) is 0 Å². The summed E-state index contributed by atoms with van der Waals surface area (Å²) in [4.78, 5) is 2.39. The summed E-state index contributed by atoms with van der Waals surface area (Å²) < 4.78 is 5.71. The largest absolute Gasteiger partial charge is 0.377 e. The highest BCUT2D eigenvalue weighted by Crippen LogP contribution is 2.35. The molecule has 3 nitrogen and oxygen atoms in total. The van der Waals surface area contributed by atoms with Crippen LogP contribution in [0, 0.1) is 0 Å². The first-order chi connectivity index (χ1) is 10.1. The lowest BCUT2D eigenvalue weighted by Gasteiger charge is -2.41. The number of piperidine rings is 1. The van der Waals surface area contributed by atoms with Gasteiger partial charge in [-0.3, -0.25) is 0 Å². The van der Waals surface area contributed by atoms with Gasteiger partial charge in [0.2, 0.25) is 0 Å². The maximum absolute atomic E-state index is 6.50. The van der Waals surface area contributed by atoms with Gasteiger partial charge in [0.25, 0.3) is 0 Å². The van der Waals surface area contributed by atoms with E-state index < -0.39 is 0 Å². The smallest absolute Gasteiger partial charge is 0.0825 e. The lowest BCUT2D eigenvalue weighted by atomic mass is 9.93. The van der Waals surface area contributed by atoms with Crippen LogP contribution in [0.4, 0.5) is 5.69 Å². The van der Waals surface area contributed by atoms with E-state index in [2.05, 4.69) is 30.1 Å². The minimum absolute atomic E-state index is 0.0778. The highest BCUT2D eigenvalue weighted by atomic mass is 35.5. The molecule has 0 saturated carbocycles. The lowest BCUT2D eigenvalue weighted by Crippen LogP contribution is -2.48. The van der Waals surface area contributed by atoms with Gasteiger partial charge in [-0.1, -0.05) is 30.7 Å². The van der Waals surface area contributed by atoms with E-state index in [1.807, 2.05) is 12.1 Å². The minimum Gasteiger partial charge on any atom is -0.377 e. The van der Waals surface area contributed by atoms with Crippen molar-refractivity contribution < 1.29 is 4.74 Å². The third-order valence-corrected chi connectivity index (χ3v) is 4.59. The third kappa shape index (κ3) is 4.12. The quantitative estimate of drug-likeness (QED) is 0.808. The molecule has 0 spiro atoms. The zero-order chi connectivity index (χ0) is 15.3. The SMILES string of the molecule is CCCNCc1cccc(Cl)c1N1CCCC(C)(OC)C1. The van der Waals surface area contributed by atoms with Gasteiger partial charge < -0.3 is 15.0 Å². The number of nitrogens with zero attached hydrogens (tertiary/aromatic N) is 1. The molecule has 4 heteroatoms. The van der Waals surface area contributed by atoms with Crippen molar-refractivity contribution >= 4 is 17.3 Å². The van der Waals surface area contributed by atoms with Crippen LogP contribution in [-0.2, 0) is 11.3 Å².